The molecule has 0 saturated carbocycles. The molecule has 0 heterocycles. The lowest BCUT2D eigenvalue weighted by molar-refractivity contribution is 0.151. The summed E-state index contributed by atoms with van der Waals surface area (Å²) in [6.45, 7) is 2.29. The molecule has 94 valence electrons. The van der Waals surface area contributed by atoms with Gasteiger partial charge in [-0.25, -0.2) is 4.79 Å². The van der Waals surface area contributed by atoms with Crippen LogP contribution < -0.4 is 10.1 Å². The molecular weight excluding hydrogens is 265 g/mol. The van der Waals surface area contributed by atoms with E-state index >= 15 is 0 Å². The predicted molar refractivity (Wildman–Crippen MR) is 66.9 cm³/mol. The molecule has 0 unspecified atom stereocenters. The van der Waals surface area contributed by atoms with Crippen LogP contribution in [-0.4, -0.2) is 19.8 Å². The highest BCUT2D eigenvalue weighted by Gasteiger charge is 2.11. The van der Waals surface area contributed by atoms with E-state index in [2.05, 4.69) is 5.32 Å². The number of amides is 1. The van der Waals surface area contributed by atoms with Gasteiger partial charge in [-0.1, -0.05) is 23.2 Å². The van der Waals surface area contributed by atoms with Crippen LogP contribution in [0.2, 0.25) is 10.0 Å². The van der Waals surface area contributed by atoms with Gasteiger partial charge in [0.1, 0.15) is 5.75 Å². The van der Waals surface area contributed by atoms with Gasteiger partial charge >= 0.3 is 6.09 Å². The summed E-state index contributed by atoms with van der Waals surface area (Å²) in [5.74, 6) is 0.493. The highest BCUT2D eigenvalue weighted by molar-refractivity contribution is 6.35. The van der Waals surface area contributed by atoms with Gasteiger partial charge in [0.25, 0.3) is 0 Å². The van der Waals surface area contributed by atoms with Crippen molar-refractivity contribution < 1.29 is 14.3 Å². The summed E-state index contributed by atoms with van der Waals surface area (Å²) in [7, 11) is 1.50. The van der Waals surface area contributed by atoms with E-state index in [4.69, 9.17) is 32.7 Å². The maximum absolute atomic E-state index is 11.1. The minimum atomic E-state index is -0.495. The summed E-state index contributed by atoms with van der Waals surface area (Å²) in [4.78, 5) is 11.1. The van der Waals surface area contributed by atoms with E-state index in [9.17, 15) is 4.79 Å². The third-order valence-electron chi connectivity index (χ3n) is 1.99. The number of nitrogens with one attached hydrogen (secondary N) is 1. The van der Waals surface area contributed by atoms with Gasteiger partial charge in [0.15, 0.2) is 0 Å². The minimum absolute atomic E-state index is 0.238. The summed E-state index contributed by atoms with van der Waals surface area (Å²) < 4.78 is 9.88. The second-order valence-corrected chi connectivity index (χ2v) is 4.00. The van der Waals surface area contributed by atoms with Crippen molar-refractivity contribution >= 4 is 29.3 Å². The van der Waals surface area contributed by atoms with Crippen molar-refractivity contribution in [1.29, 1.82) is 0 Å². The van der Waals surface area contributed by atoms with Crippen LogP contribution in [-0.2, 0) is 11.3 Å². The Kier molecular flexibility index (Phi) is 5.38. The highest BCUT2D eigenvalue weighted by atomic mass is 35.5. The Labute approximate surface area is 110 Å². The third-order valence-corrected chi connectivity index (χ3v) is 2.49. The molecule has 17 heavy (non-hydrogen) atoms. The number of halogens is 2. The molecule has 0 radical (unpaired) electrons. The molecule has 0 bridgehead atoms. The number of hydrogen-bond donors (Lipinski definition) is 1. The van der Waals surface area contributed by atoms with E-state index in [0.29, 0.717) is 28.0 Å². The zero-order chi connectivity index (χ0) is 12.8. The minimum Gasteiger partial charge on any atom is -0.495 e. The van der Waals surface area contributed by atoms with E-state index in [0.717, 1.165) is 0 Å². The number of carbonyl (C=O) groups is 1. The van der Waals surface area contributed by atoms with Gasteiger partial charge in [-0.2, -0.15) is 0 Å². The first-order valence-corrected chi connectivity index (χ1v) is 5.76. The highest BCUT2D eigenvalue weighted by Crippen LogP contribution is 2.31. The van der Waals surface area contributed by atoms with Gasteiger partial charge in [0.05, 0.1) is 18.7 Å². The zero-order valence-corrected chi connectivity index (χ0v) is 11.1. The molecule has 1 rings (SSSR count). The second-order valence-electron chi connectivity index (χ2n) is 3.15. The van der Waals surface area contributed by atoms with E-state index in [-0.39, 0.29) is 6.54 Å². The number of carbonyl (C=O) groups excluding carboxylic acids is 1. The number of methoxy groups -OCH3 is 1. The zero-order valence-electron chi connectivity index (χ0n) is 9.55. The van der Waals surface area contributed by atoms with Crippen molar-refractivity contribution in [1.82, 2.24) is 5.32 Å². The average Bonchev–Trinajstić information content (AvgIpc) is 2.26. The van der Waals surface area contributed by atoms with E-state index < -0.39 is 6.09 Å². The van der Waals surface area contributed by atoms with Crippen molar-refractivity contribution in [2.75, 3.05) is 13.7 Å². The Morgan fingerprint density at radius 1 is 1.41 bits per heavy atom. The Hall–Kier alpha value is -1.13. The molecule has 0 fully saturated rings. The fourth-order valence-electron chi connectivity index (χ4n) is 1.32. The van der Waals surface area contributed by atoms with Crippen LogP contribution >= 0.6 is 23.2 Å². The van der Waals surface area contributed by atoms with Gasteiger partial charge < -0.3 is 14.8 Å². The van der Waals surface area contributed by atoms with Gasteiger partial charge in [0.2, 0.25) is 0 Å². The second kappa shape index (κ2) is 6.57. The Bertz CT molecular complexity index is 410. The molecule has 0 saturated heterocycles. The molecule has 6 heteroatoms. The maximum atomic E-state index is 11.1. The molecule has 0 aliphatic carbocycles. The van der Waals surface area contributed by atoms with Crippen molar-refractivity contribution in [2.45, 2.75) is 13.5 Å². The van der Waals surface area contributed by atoms with Crippen LogP contribution in [0.5, 0.6) is 5.75 Å². The van der Waals surface area contributed by atoms with E-state index in [1.165, 1.54) is 7.11 Å². The number of alkyl carbamates (subject to hydrolysis) is 1. The fraction of sp³-hybridized carbons (Fsp3) is 0.364. The number of hydrogen-bond acceptors (Lipinski definition) is 3. The molecule has 4 nitrogen and oxygen atoms in total. The summed E-state index contributed by atoms with van der Waals surface area (Å²) >= 11 is 11.8. The summed E-state index contributed by atoms with van der Waals surface area (Å²) in [5, 5.41) is 3.46. The van der Waals surface area contributed by atoms with Gasteiger partial charge in [-0.05, 0) is 19.1 Å². The Morgan fingerprint density at radius 3 is 2.71 bits per heavy atom. The molecule has 0 aromatic heterocycles. The number of ether oxygens (including phenoxy) is 2. The van der Waals surface area contributed by atoms with Crippen molar-refractivity contribution in [3.8, 4) is 5.75 Å². The van der Waals surface area contributed by atoms with Gasteiger partial charge in [-0.15, -0.1) is 0 Å². The monoisotopic (exact) mass is 277 g/mol. The van der Waals surface area contributed by atoms with Crippen LogP contribution in [0.1, 0.15) is 12.5 Å². The molecule has 0 aliphatic heterocycles. The number of rotatable bonds is 4. The number of benzene rings is 1. The van der Waals surface area contributed by atoms with E-state index in [1.807, 2.05) is 0 Å². The first-order chi connectivity index (χ1) is 8.08. The van der Waals surface area contributed by atoms with Crippen LogP contribution in [0.3, 0.4) is 0 Å². The normalized spacial score (nSPS) is 9.88. The van der Waals surface area contributed by atoms with Crippen molar-refractivity contribution in [3.63, 3.8) is 0 Å². The third kappa shape index (κ3) is 3.98. The van der Waals surface area contributed by atoms with Gasteiger partial charge in [0, 0.05) is 17.1 Å². The lowest BCUT2D eigenvalue weighted by Crippen LogP contribution is -2.23. The average molecular weight is 278 g/mol. The van der Waals surface area contributed by atoms with E-state index in [1.54, 1.807) is 19.1 Å². The van der Waals surface area contributed by atoms with Crippen molar-refractivity contribution in [2.24, 2.45) is 0 Å². The SMILES string of the molecule is CCOC(=O)NCc1cc(Cl)cc(Cl)c1OC. The predicted octanol–water partition coefficient (Wildman–Crippen LogP) is 3.25. The lowest BCUT2D eigenvalue weighted by atomic mass is 10.2. The molecule has 1 amide bonds. The van der Waals surface area contributed by atoms with Crippen LogP contribution in [0.4, 0.5) is 4.79 Å². The molecular formula is C11H13Cl2NO3. The first-order valence-electron chi connectivity index (χ1n) is 5.01. The topological polar surface area (TPSA) is 47.6 Å². The molecule has 0 spiro atoms. The Balaban J connectivity index is 2.79. The largest absolute Gasteiger partial charge is 0.495 e. The van der Waals surface area contributed by atoms with Gasteiger partial charge in [-0.3, -0.25) is 0 Å². The summed E-state index contributed by atoms with van der Waals surface area (Å²) in [6, 6.07) is 3.26. The molecule has 0 aliphatic rings. The quantitative estimate of drug-likeness (QED) is 0.919. The molecule has 0 atom stereocenters. The van der Waals surface area contributed by atoms with Crippen LogP contribution in [0.15, 0.2) is 12.1 Å². The molecule has 1 aromatic rings. The fourth-order valence-corrected chi connectivity index (χ4v) is 1.94. The van der Waals surface area contributed by atoms with Crippen molar-refractivity contribution in [3.05, 3.63) is 27.7 Å². The van der Waals surface area contributed by atoms with Crippen LogP contribution in [0.25, 0.3) is 0 Å². The van der Waals surface area contributed by atoms with Crippen LogP contribution in [0, 0.1) is 0 Å². The first kappa shape index (κ1) is 13.9. The molecule has 1 N–H and O–H groups in total. The standard InChI is InChI=1S/C11H13Cl2NO3/c1-3-17-11(15)14-6-7-4-8(12)5-9(13)10(7)16-2/h4-5H,3,6H2,1-2H3,(H,14,15). The maximum Gasteiger partial charge on any atom is 0.407 e. The Morgan fingerprint density at radius 2 is 2.12 bits per heavy atom. The smallest absolute Gasteiger partial charge is 0.407 e. The summed E-state index contributed by atoms with van der Waals surface area (Å²) in [6.07, 6.45) is -0.495. The summed E-state index contributed by atoms with van der Waals surface area (Å²) in [5.41, 5.74) is 0.693. The lowest BCUT2D eigenvalue weighted by Gasteiger charge is -2.11. The molecule has 1 aromatic carbocycles.